The van der Waals surface area contributed by atoms with Gasteiger partial charge in [0.1, 0.15) is 5.82 Å². The molecule has 0 bridgehead atoms. The van der Waals surface area contributed by atoms with Crippen molar-refractivity contribution in [2.75, 3.05) is 4.72 Å². The zero-order valence-electron chi connectivity index (χ0n) is 16.1. The van der Waals surface area contributed by atoms with Gasteiger partial charge in [0.2, 0.25) is 0 Å². The van der Waals surface area contributed by atoms with E-state index in [-0.39, 0.29) is 17.3 Å². The normalized spacial score (nSPS) is 11.7. The smallest absolute Gasteiger partial charge is 0.262 e. The van der Waals surface area contributed by atoms with Crippen molar-refractivity contribution in [3.05, 3.63) is 89.5 Å². The van der Waals surface area contributed by atoms with E-state index in [1.54, 1.807) is 54.9 Å². The van der Waals surface area contributed by atoms with Crippen LogP contribution in [-0.2, 0) is 16.6 Å². The first-order chi connectivity index (χ1) is 13.8. The first-order valence-corrected chi connectivity index (χ1v) is 10.6. The third kappa shape index (κ3) is 3.73. The standard InChI is InChI=1S/C22H20FN3O2S/c1-15-22(16(2)26(24-15)14-19-9-5-6-10-21(19)23)25-29(27,28)20-12-11-17-7-3-4-8-18(17)13-20/h3-13,25H,14H2,1-2H3. The molecule has 0 unspecified atom stereocenters. The van der Waals surface area contributed by atoms with Gasteiger partial charge in [-0.3, -0.25) is 9.40 Å². The van der Waals surface area contributed by atoms with Crippen LogP contribution in [0.25, 0.3) is 10.8 Å². The Balaban J connectivity index is 1.66. The van der Waals surface area contributed by atoms with E-state index < -0.39 is 10.0 Å². The molecule has 4 rings (SSSR count). The van der Waals surface area contributed by atoms with Gasteiger partial charge in [-0.2, -0.15) is 5.10 Å². The molecular formula is C22H20FN3O2S. The SMILES string of the molecule is Cc1nn(Cc2ccccc2F)c(C)c1NS(=O)(=O)c1ccc2ccccc2c1. The van der Waals surface area contributed by atoms with Gasteiger partial charge in [-0.25, -0.2) is 12.8 Å². The van der Waals surface area contributed by atoms with Crippen LogP contribution >= 0.6 is 0 Å². The number of aromatic nitrogens is 2. The molecule has 1 aromatic heterocycles. The summed E-state index contributed by atoms with van der Waals surface area (Å²) in [6.07, 6.45) is 0. The minimum Gasteiger partial charge on any atom is -0.276 e. The monoisotopic (exact) mass is 409 g/mol. The maximum absolute atomic E-state index is 14.0. The van der Waals surface area contributed by atoms with E-state index in [0.29, 0.717) is 22.6 Å². The summed E-state index contributed by atoms with van der Waals surface area (Å²) in [4.78, 5) is 0.178. The second kappa shape index (κ2) is 7.33. The van der Waals surface area contributed by atoms with E-state index in [4.69, 9.17) is 0 Å². The van der Waals surface area contributed by atoms with Crippen molar-refractivity contribution in [3.8, 4) is 0 Å². The summed E-state index contributed by atoms with van der Waals surface area (Å²) in [6.45, 7) is 3.71. The molecule has 148 valence electrons. The number of hydrogen-bond acceptors (Lipinski definition) is 3. The highest BCUT2D eigenvalue weighted by molar-refractivity contribution is 7.92. The van der Waals surface area contributed by atoms with Crippen LogP contribution in [0, 0.1) is 19.7 Å². The Morgan fingerprint density at radius 1 is 0.966 bits per heavy atom. The molecule has 1 heterocycles. The van der Waals surface area contributed by atoms with Crippen molar-refractivity contribution >= 4 is 26.5 Å². The minimum absolute atomic E-state index is 0.178. The predicted molar refractivity (Wildman–Crippen MR) is 112 cm³/mol. The van der Waals surface area contributed by atoms with E-state index in [0.717, 1.165) is 10.8 Å². The van der Waals surface area contributed by atoms with Crippen molar-refractivity contribution < 1.29 is 12.8 Å². The minimum atomic E-state index is -3.79. The number of aryl methyl sites for hydroxylation is 1. The summed E-state index contributed by atoms with van der Waals surface area (Å²) in [5.74, 6) is -0.321. The Morgan fingerprint density at radius 2 is 1.66 bits per heavy atom. The predicted octanol–water partition coefficient (Wildman–Crippen LogP) is 4.64. The number of nitrogens with one attached hydrogen (secondary N) is 1. The molecule has 0 saturated heterocycles. The van der Waals surface area contributed by atoms with Crippen LogP contribution in [-0.4, -0.2) is 18.2 Å². The van der Waals surface area contributed by atoms with E-state index in [1.165, 1.54) is 6.07 Å². The zero-order valence-corrected chi connectivity index (χ0v) is 16.9. The third-order valence-electron chi connectivity index (χ3n) is 4.93. The lowest BCUT2D eigenvalue weighted by Crippen LogP contribution is -2.14. The molecule has 0 radical (unpaired) electrons. The number of benzene rings is 3. The molecule has 5 nitrogen and oxygen atoms in total. The Labute approximate surface area is 168 Å². The maximum atomic E-state index is 14.0. The maximum Gasteiger partial charge on any atom is 0.262 e. The summed E-state index contributed by atoms with van der Waals surface area (Å²) in [7, 11) is -3.79. The molecule has 0 spiro atoms. The summed E-state index contributed by atoms with van der Waals surface area (Å²) in [5, 5.41) is 6.21. The Bertz CT molecular complexity index is 1310. The van der Waals surface area contributed by atoms with Crippen molar-refractivity contribution in [2.45, 2.75) is 25.3 Å². The van der Waals surface area contributed by atoms with Gasteiger partial charge in [0, 0.05) is 5.56 Å². The van der Waals surface area contributed by atoms with Crippen LogP contribution < -0.4 is 4.72 Å². The first-order valence-electron chi connectivity index (χ1n) is 9.14. The number of halogens is 1. The fraction of sp³-hybridized carbons (Fsp3) is 0.136. The molecule has 0 saturated carbocycles. The van der Waals surface area contributed by atoms with Crippen LogP contribution in [0.3, 0.4) is 0 Å². The largest absolute Gasteiger partial charge is 0.276 e. The molecule has 0 atom stereocenters. The van der Waals surface area contributed by atoms with Crippen LogP contribution in [0.15, 0.2) is 71.6 Å². The zero-order chi connectivity index (χ0) is 20.6. The molecule has 0 aliphatic rings. The van der Waals surface area contributed by atoms with Gasteiger partial charge in [0.15, 0.2) is 0 Å². The number of sulfonamides is 1. The number of anilines is 1. The quantitative estimate of drug-likeness (QED) is 0.522. The molecule has 29 heavy (non-hydrogen) atoms. The lowest BCUT2D eigenvalue weighted by Gasteiger charge is -2.10. The third-order valence-corrected chi connectivity index (χ3v) is 6.27. The number of nitrogens with zero attached hydrogens (tertiary/aromatic N) is 2. The molecule has 1 N–H and O–H groups in total. The van der Waals surface area contributed by atoms with Crippen molar-refractivity contribution in [2.24, 2.45) is 0 Å². The first kappa shape index (κ1) is 19.1. The second-order valence-electron chi connectivity index (χ2n) is 6.91. The highest BCUT2D eigenvalue weighted by Gasteiger charge is 2.20. The Morgan fingerprint density at radius 3 is 2.41 bits per heavy atom. The molecule has 4 aromatic rings. The Hall–Kier alpha value is -3.19. The summed E-state index contributed by atoms with van der Waals surface area (Å²) < 4.78 is 44.2. The number of hydrogen-bond donors (Lipinski definition) is 1. The second-order valence-corrected chi connectivity index (χ2v) is 8.59. The highest BCUT2D eigenvalue weighted by Crippen LogP contribution is 2.26. The van der Waals surface area contributed by atoms with E-state index in [9.17, 15) is 12.8 Å². The van der Waals surface area contributed by atoms with Crippen molar-refractivity contribution in [1.29, 1.82) is 0 Å². The van der Waals surface area contributed by atoms with E-state index in [2.05, 4.69) is 9.82 Å². The van der Waals surface area contributed by atoms with Crippen LogP contribution in [0.1, 0.15) is 17.0 Å². The fourth-order valence-corrected chi connectivity index (χ4v) is 4.53. The van der Waals surface area contributed by atoms with E-state index >= 15 is 0 Å². The van der Waals surface area contributed by atoms with Crippen molar-refractivity contribution in [3.63, 3.8) is 0 Å². The Kier molecular flexibility index (Phi) is 4.84. The molecule has 0 aliphatic heterocycles. The van der Waals surface area contributed by atoms with Gasteiger partial charge in [0.05, 0.1) is 28.5 Å². The number of fused-ring (bicyclic) bond motifs is 1. The lowest BCUT2D eigenvalue weighted by molar-refractivity contribution is 0.579. The average Bonchev–Trinajstić information content (AvgIpc) is 2.96. The van der Waals surface area contributed by atoms with Gasteiger partial charge in [0.25, 0.3) is 10.0 Å². The number of rotatable bonds is 5. The molecule has 7 heteroatoms. The van der Waals surface area contributed by atoms with Gasteiger partial charge in [-0.1, -0.05) is 48.5 Å². The molecule has 3 aromatic carbocycles. The fourth-order valence-electron chi connectivity index (χ4n) is 3.31. The van der Waals surface area contributed by atoms with Crippen LogP contribution in [0.2, 0.25) is 0 Å². The van der Waals surface area contributed by atoms with E-state index in [1.807, 2.05) is 24.3 Å². The van der Waals surface area contributed by atoms with Crippen LogP contribution in [0.4, 0.5) is 10.1 Å². The van der Waals surface area contributed by atoms with Gasteiger partial charge in [-0.15, -0.1) is 0 Å². The molecule has 0 fully saturated rings. The summed E-state index contributed by atoms with van der Waals surface area (Å²) >= 11 is 0. The highest BCUT2D eigenvalue weighted by atomic mass is 32.2. The lowest BCUT2D eigenvalue weighted by atomic mass is 10.1. The molecule has 0 amide bonds. The van der Waals surface area contributed by atoms with Crippen molar-refractivity contribution in [1.82, 2.24) is 9.78 Å². The van der Waals surface area contributed by atoms with Gasteiger partial charge < -0.3 is 0 Å². The summed E-state index contributed by atoms with van der Waals surface area (Å²) in [6, 6.07) is 19.1. The van der Waals surface area contributed by atoms with Crippen LogP contribution in [0.5, 0.6) is 0 Å². The van der Waals surface area contributed by atoms with Gasteiger partial charge in [-0.05, 0) is 42.8 Å². The molecule has 0 aliphatic carbocycles. The average molecular weight is 409 g/mol. The molecular weight excluding hydrogens is 389 g/mol. The van der Waals surface area contributed by atoms with Gasteiger partial charge >= 0.3 is 0 Å². The topological polar surface area (TPSA) is 64.0 Å². The summed E-state index contributed by atoms with van der Waals surface area (Å²) in [5.41, 5.74) is 2.05.